The first-order chi connectivity index (χ1) is 15.5. The second-order valence-corrected chi connectivity index (χ2v) is 9.75. The van der Waals surface area contributed by atoms with Gasteiger partial charge in [-0.15, -0.1) is 0 Å². The molecule has 0 unspecified atom stereocenters. The van der Waals surface area contributed by atoms with Gasteiger partial charge >= 0.3 is 18.0 Å². The molecule has 1 aliphatic rings. The number of halogens is 4. The molecule has 3 rings (SSSR count). The Kier molecular flexibility index (Phi) is 7.65. The molecule has 12 heteroatoms. The third-order valence-electron chi connectivity index (χ3n) is 5.06. The number of amides is 2. The first-order valence-corrected chi connectivity index (χ1v) is 11.9. The SMILES string of the molecule is O=C(NCCc1ccc(S(=O)(=O)N2CCCC2)cc1)C(=O)Nc1ccc(Cl)c(C(F)(F)F)c1. The third-order valence-corrected chi connectivity index (χ3v) is 7.30. The molecule has 2 aromatic carbocycles. The lowest BCUT2D eigenvalue weighted by atomic mass is 10.1. The molecule has 33 heavy (non-hydrogen) atoms. The van der Waals surface area contributed by atoms with Gasteiger partial charge in [0.2, 0.25) is 10.0 Å². The van der Waals surface area contributed by atoms with Crippen LogP contribution in [0.2, 0.25) is 5.02 Å². The Balaban J connectivity index is 1.51. The maximum absolute atomic E-state index is 12.9. The number of sulfonamides is 1. The van der Waals surface area contributed by atoms with Crippen molar-refractivity contribution in [2.24, 2.45) is 0 Å². The van der Waals surface area contributed by atoms with Crippen molar-refractivity contribution in [1.82, 2.24) is 9.62 Å². The van der Waals surface area contributed by atoms with E-state index in [0.717, 1.165) is 30.5 Å². The highest BCUT2D eigenvalue weighted by molar-refractivity contribution is 7.89. The van der Waals surface area contributed by atoms with Gasteiger partial charge in [-0.1, -0.05) is 23.7 Å². The Morgan fingerprint density at radius 2 is 1.64 bits per heavy atom. The van der Waals surface area contributed by atoms with Crippen molar-refractivity contribution >= 4 is 39.1 Å². The maximum atomic E-state index is 12.9. The Hall–Kier alpha value is -2.63. The summed E-state index contributed by atoms with van der Waals surface area (Å²) in [5, 5.41) is 3.95. The normalized spacial score (nSPS) is 14.8. The number of alkyl halides is 3. The summed E-state index contributed by atoms with van der Waals surface area (Å²) >= 11 is 5.53. The average molecular weight is 504 g/mol. The van der Waals surface area contributed by atoms with E-state index in [2.05, 4.69) is 10.6 Å². The van der Waals surface area contributed by atoms with Crippen molar-refractivity contribution in [1.29, 1.82) is 0 Å². The molecule has 2 aromatic rings. The summed E-state index contributed by atoms with van der Waals surface area (Å²) < 4.78 is 65.2. The quantitative estimate of drug-likeness (QED) is 0.590. The molecule has 0 atom stereocenters. The van der Waals surface area contributed by atoms with E-state index in [4.69, 9.17) is 11.6 Å². The Morgan fingerprint density at radius 3 is 2.24 bits per heavy atom. The van der Waals surface area contributed by atoms with E-state index in [9.17, 15) is 31.2 Å². The number of nitrogens with one attached hydrogen (secondary N) is 2. The molecule has 7 nitrogen and oxygen atoms in total. The molecule has 0 saturated carbocycles. The van der Waals surface area contributed by atoms with Crippen LogP contribution < -0.4 is 10.6 Å². The van der Waals surface area contributed by atoms with Crippen molar-refractivity contribution in [3.05, 3.63) is 58.6 Å². The zero-order chi connectivity index (χ0) is 24.2. The first-order valence-electron chi connectivity index (χ1n) is 10.0. The van der Waals surface area contributed by atoms with E-state index in [0.29, 0.717) is 25.6 Å². The summed E-state index contributed by atoms with van der Waals surface area (Å²) in [4.78, 5) is 24.1. The molecule has 0 aromatic heterocycles. The van der Waals surface area contributed by atoms with Crippen molar-refractivity contribution in [2.75, 3.05) is 25.0 Å². The van der Waals surface area contributed by atoms with Crippen molar-refractivity contribution in [3.63, 3.8) is 0 Å². The minimum absolute atomic E-state index is 0.0683. The lowest BCUT2D eigenvalue weighted by Crippen LogP contribution is -2.36. The van der Waals surface area contributed by atoms with Crippen LogP contribution in [0.15, 0.2) is 47.4 Å². The molecule has 0 bridgehead atoms. The molecule has 2 amide bonds. The number of hydrogen-bond acceptors (Lipinski definition) is 4. The van der Waals surface area contributed by atoms with Crippen molar-refractivity contribution < 1.29 is 31.2 Å². The zero-order valence-corrected chi connectivity index (χ0v) is 18.9. The lowest BCUT2D eigenvalue weighted by molar-refractivity contribution is -0.137. The van der Waals surface area contributed by atoms with E-state index in [1.165, 1.54) is 16.4 Å². The monoisotopic (exact) mass is 503 g/mol. The fourth-order valence-electron chi connectivity index (χ4n) is 3.31. The lowest BCUT2D eigenvalue weighted by Gasteiger charge is -2.15. The Bertz CT molecular complexity index is 1130. The predicted octanol–water partition coefficient (Wildman–Crippen LogP) is 3.44. The van der Waals surface area contributed by atoms with E-state index in [-0.39, 0.29) is 17.1 Å². The van der Waals surface area contributed by atoms with Crippen LogP contribution in [-0.2, 0) is 32.2 Å². The second kappa shape index (κ2) is 10.1. The standard InChI is InChI=1S/C21H21ClF3N3O4S/c22-18-8-5-15(13-17(18)21(23,24)25)27-20(30)19(29)26-10-9-14-3-6-16(7-4-14)33(31,32)28-11-1-2-12-28/h3-8,13H,1-2,9-12H2,(H,26,29)(H,27,30). The highest BCUT2D eigenvalue weighted by atomic mass is 35.5. The molecule has 0 radical (unpaired) electrons. The summed E-state index contributed by atoms with van der Waals surface area (Å²) in [5.41, 5.74) is -0.608. The van der Waals surface area contributed by atoms with Gasteiger partial charge in [0.15, 0.2) is 0 Å². The number of carbonyl (C=O) groups is 2. The van der Waals surface area contributed by atoms with Gasteiger partial charge in [0.1, 0.15) is 0 Å². The molecule has 178 valence electrons. The van der Waals surface area contributed by atoms with Gasteiger partial charge in [0.05, 0.1) is 15.5 Å². The molecule has 0 spiro atoms. The van der Waals surface area contributed by atoms with Crippen LogP contribution in [0.25, 0.3) is 0 Å². The van der Waals surface area contributed by atoms with Crippen molar-refractivity contribution in [2.45, 2.75) is 30.3 Å². The zero-order valence-electron chi connectivity index (χ0n) is 17.3. The first kappa shape index (κ1) is 25.0. The number of nitrogens with zero attached hydrogens (tertiary/aromatic N) is 1. The average Bonchev–Trinajstić information content (AvgIpc) is 3.30. The van der Waals surface area contributed by atoms with Gasteiger partial charge in [-0.3, -0.25) is 9.59 Å². The Morgan fingerprint density at radius 1 is 1.00 bits per heavy atom. The van der Waals surface area contributed by atoms with Gasteiger partial charge in [-0.25, -0.2) is 8.42 Å². The minimum atomic E-state index is -4.70. The number of anilines is 1. The number of benzene rings is 2. The largest absolute Gasteiger partial charge is 0.417 e. The van der Waals surface area contributed by atoms with Crippen LogP contribution in [0.3, 0.4) is 0 Å². The predicted molar refractivity (Wildman–Crippen MR) is 116 cm³/mol. The molecule has 1 saturated heterocycles. The maximum Gasteiger partial charge on any atom is 0.417 e. The number of hydrogen-bond donors (Lipinski definition) is 2. The smallest absolute Gasteiger partial charge is 0.347 e. The molecule has 0 aliphatic carbocycles. The van der Waals surface area contributed by atoms with E-state index in [1.807, 2.05) is 0 Å². The highest BCUT2D eigenvalue weighted by Gasteiger charge is 2.33. The van der Waals surface area contributed by atoms with Gasteiger partial charge in [0.25, 0.3) is 0 Å². The van der Waals surface area contributed by atoms with Crippen LogP contribution in [0.5, 0.6) is 0 Å². The fourth-order valence-corrected chi connectivity index (χ4v) is 5.06. The van der Waals surface area contributed by atoms with Crippen LogP contribution in [-0.4, -0.2) is 44.2 Å². The molecule has 2 N–H and O–H groups in total. The number of carbonyl (C=O) groups excluding carboxylic acids is 2. The van der Waals surface area contributed by atoms with Gasteiger partial charge in [0, 0.05) is 25.3 Å². The molecular formula is C21H21ClF3N3O4S. The second-order valence-electron chi connectivity index (χ2n) is 7.41. The topological polar surface area (TPSA) is 95.6 Å². The molecule has 1 heterocycles. The van der Waals surface area contributed by atoms with E-state index in [1.54, 1.807) is 12.1 Å². The summed E-state index contributed by atoms with van der Waals surface area (Å²) in [6.45, 7) is 1.08. The third kappa shape index (κ3) is 6.24. The van der Waals surface area contributed by atoms with Gasteiger partial charge < -0.3 is 10.6 Å². The van der Waals surface area contributed by atoms with Gasteiger partial charge in [-0.2, -0.15) is 17.5 Å². The van der Waals surface area contributed by atoms with Crippen LogP contribution in [0.4, 0.5) is 18.9 Å². The summed E-state index contributed by atoms with van der Waals surface area (Å²) in [7, 11) is -3.51. The van der Waals surface area contributed by atoms with E-state index < -0.39 is 38.6 Å². The van der Waals surface area contributed by atoms with Crippen molar-refractivity contribution in [3.8, 4) is 0 Å². The van der Waals surface area contributed by atoms with Crippen LogP contribution in [0, 0.1) is 0 Å². The Labute approximate surface area is 194 Å². The molecule has 1 aliphatic heterocycles. The molecule has 1 fully saturated rings. The highest BCUT2D eigenvalue weighted by Crippen LogP contribution is 2.36. The summed E-state index contributed by atoms with van der Waals surface area (Å²) in [6, 6.07) is 9.02. The minimum Gasteiger partial charge on any atom is -0.347 e. The summed E-state index contributed by atoms with van der Waals surface area (Å²) in [6.07, 6.45) is -2.70. The number of rotatable bonds is 6. The van der Waals surface area contributed by atoms with Crippen LogP contribution >= 0.6 is 11.6 Å². The van der Waals surface area contributed by atoms with Gasteiger partial charge in [-0.05, 0) is 55.2 Å². The molecular weight excluding hydrogens is 483 g/mol. The van der Waals surface area contributed by atoms with E-state index >= 15 is 0 Å². The van der Waals surface area contributed by atoms with Crippen LogP contribution in [0.1, 0.15) is 24.0 Å². The summed E-state index contributed by atoms with van der Waals surface area (Å²) in [5.74, 6) is -2.15. The fraction of sp³-hybridized carbons (Fsp3) is 0.333.